The summed E-state index contributed by atoms with van der Waals surface area (Å²) in [4.78, 5) is 11.9. The maximum atomic E-state index is 11.9. The molecule has 2 N–H and O–H groups in total. The van der Waals surface area contributed by atoms with Crippen molar-refractivity contribution >= 4 is 18.3 Å². The Morgan fingerprint density at radius 2 is 2.06 bits per heavy atom. The highest BCUT2D eigenvalue weighted by molar-refractivity contribution is 5.85. The molecule has 0 aromatic heterocycles. The predicted molar refractivity (Wildman–Crippen MR) is 77.0 cm³/mol. The number of carbonyl (C=O) groups is 1. The topological polar surface area (TPSA) is 41.1 Å². The summed E-state index contributed by atoms with van der Waals surface area (Å²) in [5.74, 6) is 1.78. The summed E-state index contributed by atoms with van der Waals surface area (Å²) < 4.78 is 0. The Labute approximate surface area is 117 Å². The second-order valence-electron chi connectivity index (χ2n) is 5.89. The van der Waals surface area contributed by atoms with Crippen LogP contribution in [0.4, 0.5) is 0 Å². The summed E-state index contributed by atoms with van der Waals surface area (Å²) in [6.45, 7) is 4.22. The molecule has 2 aliphatic rings. The third kappa shape index (κ3) is 4.77. The first-order chi connectivity index (χ1) is 8.25. The van der Waals surface area contributed by atoms with Crippen LogP contribution in [-0.2, 0) is 4.79 Å². The largest absolute Gasteiger partial charge is 0.354 e. The predicted octanol–water partition coefficient (Wildman–Crippen LogP) is 2.49. The summed E-state index contributed by atoms with van der Waals surface area (Å²) in [5, 5.41) is 6.44. The van der Waals surface area contributed by atoms with Crippen molar-refractivity contribution < 1.29 is 4.79 Å². The lowest BCUT2D eigenvalue weighted by Crippen LogP contribution is -2.47. The van der Waals surface area contributed by atoms with Crippen molar-refractivity contribution in [1.82, 2.24) is 10.6 Å². The fourth-order valence-corrected chi connectivity index (χ4v) is 3.19. The van der Waals surface area contributed by atoms with Gasteiger partial charge in [-0.25, -0.2) is 0 Å². The van der Waals surface area contributed by atoms with Crippen LogP contribution in [0.1, 0.15) is 51.9 Å². The number of piperidine rings is 1. The molecule has 1 aliphatic heterocycles. The van der Waals surface area contributed by atoms with E-state index in [2.05, 4.69) is 17.6 Å². The summed E-state index contributed by atoms with van der Waals surface area (Å²) >= 11 is 0. The number of halogens is 1. The van der Waals surface area contributed by atoms with E-state index in [0.29, 0.717) is 5.92 Å². The van der Waals surface area contributed by atoms with Gasteiger partial charge in [0.25, 0.3) is 0 Å². The maximum Gasteiger partial charge on any atom is 0.237 e. The molecule has 1 saturated carbocycles. The van der Waals surface area contributed by atoms with Crippen LogP contribution in [0.15, 0.2) is 0 Å². The molecule has 2 fully saturated rings. The van der Waals surface area contributed by atoms with E-state index in [-0.39, 0.29) is 24.4 Å². The van der Waals surface area contributed by atoms with Crippen molar-refractivity contribution in [2.24, 2.45) is 11.8 Å². The third-order valence-corrected chi connectivity index (χ3v) is 4.24. The number of hydrogen-bond donors (Lipinski definition) is 2. The third-order valence-electron chi connectivity index (χ3n) is 4.24. The molecule has 4 heteroatoms. The summed E-state index contributed by atoms with van der Waals surface area (Å²) in [5.41, 5.74) is 0. The van der Waals surface area contributed by atoms with Crippen LogP contribution in [0.5, 0.6) is 0 Å². The molecule has 0 bridgehead atoms. The Balaban J connectivity index is 0.00000162. The SMILES string of the molecule is CC1CCCC(CNC(=O)[C@H]2CCCCN2)C1.Cl. The molecule has 3 atom stereocenters. The van der Waals surface area contributed by atoms with Gasteiger partial charge >= 0.3 is 0 Å². The van der Waals surface area contributed by atoms with Crippen LogP contribution >= 0.6 is 12.4 Å². The minimum atomic E-state index is 0. The highest BCUT2D eigenvalue weighted by Gasteiger charge is 2.23. The molecule has 18 heavy (non-hydrogen) atoms. The van der Waals surface area contributed by atoms with Crippen LogP contribution in [0, 0.1) is 11.8 Å². The lowest BCUT2D eigenvalue weighted by atomic mass is 9.82. The zero-order chi connectivity index (χ0) is 12.1. The fourth-order valence-electron chi connectivity index (χ4n) is 3.19. The van der Waals surface area contributed by atoms with E-state index in [4.69, 9.17) is 0 Å². The van der Waals surface area contributed by atoms with E-state index in [9.17, 15) is 4.79 Å². The molecule has 0 spiro atoms. The van der Waals surface area contributed by atoms with Gasteiger partial charge in [0.05, 0.1) is 6.04 Å². The second-order valence-corrected chi connectivity index (χ2v) is 5.89. The van der Waals surface area contributed by atoms with Crippen molar-refractivity contribution in [2.75, 3.05) is 13.1 Å². The molecule has 1 heterocycles. The minimum absolute atomic E-state index is 0. The van der Waals surface area contributed by atoms with Crippen LogP contribution < -0.4 is 10.6 Å². The van der Waals surface area contributed by atoms with Crippen molar-refractivity contribution in [3.63, 3.8) is 0 Å². The Hall–Kier alpha value is -0.280. The standard InChI is InChI=1S/C14H26N2O.ClH/c1-11-5-4-6-12(9-11)10-16-14(17)13-7-2-3-8-15-13;/h11-13,15H,2-10H2,1H3,(H,16,17);1H/t11?,12?,13-;/m1./s1. The van der Waals surface area contributed by atoms with Gasteiger partial charge in [-0.2, -0.15) is 0 Å². The molecular weight excluding hydrogens is 248 g/mol. The lowest BCUT2D eigenvalue weighted by molar-refractivity contribution is -0.123. The van der Waals surface area contributed by atoms with Gasteiger partial charge in [-0.1, -0.05) is 26.2 Å². The van der Waals surface area contributed by atoms with Gasteiger partial charge in [-0.05, 0) is 44.1 Å². The quantitative estimate of drug-likeness (QED) is 0.830. The van der Waals surface area contributed by atoms with E-state index in [0.717, 1.165) is 25.4 Å². The molecule has 106 valence electrons. The Morgan fingerprint density at radius 3 is 2.72 bits per heavy atom. The van der Waals surface area contributed by atoms with Gasteiger partial charge < -0.3 is 10.6 Å². The lowest BCUT2D eigenvalue weighted by Gasteiger charge is -2.28. The Kier molecular flexibility index (Phi) is 7.02. The number of amides is 1. The van der Waals surface area contributed by atoms with Gasteiger partial charge in [0.1, 0.15) is 0 Å². The molecule has 0 aromatic rings. The Morgan fingerprint density at radius 1 is 1.22 bits per heavy atom. The van der Waals surface area contributed by atoms with Gasteiger partial charge in [0.2, 0.25) is 5.91 Å². The molecule has 1 amide bonds. The van der Waals surface area contributed by atoms with E-state index >= 15 is 0 Å². The van der Waals surface area contributed by atoms with Crippen molar-refractivity contribution in [3.05, 3.63) is 0 Å². The van der Waals surface area contributed by atoms with Crippen LogP contribution in [-0.4, -0.2) is 25.0 Å². The van der Waals surface area contributed by atoms with E-state index in [1.54, 1.807) is 0 Å². The summed E-state index contributed by atoms with van der Waals surface area (Å²) in [6.07, 6.45) is 8.70. The van der Waals surface area contributed by atoms with Gasteiger partial charge in [0, 0.05) is 6.54 Å². The van der Waals surface area contributed by atoms with E-state index in [1.165, 1.54) is 38.5 Å². The highest BCUT2D eigenvalue weighted by atomic mass is 35.5. The van der Waals surface area contributed by atoms with E-state index < -0.39 is 0 Å². The number of rotatable bonds is 3. The second kappa shape index (κ2) is 8.00. The maximum absolute atomic E-state index is 11.9. The fraction of sp³-hybridized carbons (Fsp3) is 0.929. The van der Waals surface area contributed by atoms with E-state index in [1.807, 2.05) is 0 Å². The smallest absolute Gasteiger partial charge is 0.237 e. The van der Waals surface area contributed by atoms with Gasteiger partial charge in [-0.15, -0.1) is 12.4 Å². The average molecular weight is 275 g/mol. The van der Waals surface area contributed by atoms with Crippen LogP contribution in [0.2, 0.25) is 0 Å². The molecule has 2 rings (SSSR count). The zero-order valence-electron chi connectivity index (χ0n) is 11.4. The Bertz CT molecular complexity index is 254. The number of hydrogen-bond acceptors (Lipinski definition) is 2. The molecular formula is C14H27ClN2O. The van der Waals surface area contributed by atoms with Gasteiger partial charge in [0.15, 0.2) is 0 Å². The molecule has 3 nitrogen and oxygen atoms in total. The van der Waals surface area contributed by atoms with Crippen molar-refractivity contribution in [2.45, 2.75) is 57.9 Å². The first-order valence-corrected chi connectivity index (χ1v) is 7.27. The molecule has 2 unspecified atom stereocenters. The first kappa shape index (κ1) is 15.8. The van der Waals surface area contributed by atoms with Crippen molar-refractivity contribution in [1.29, 1.82) is 0 Å². The number of carbonyl (C=O) groups excluding carboxylic acids is 1. The van der Waals surface area contributed by atoms with Crippen LogP contribution in [0.25, 0.3) is 0 Å². The molecule has 1 aliphatic carbocycles. The highest BCUT2D eigenvalue weighted by Crippen LogP contribution is 2.27. The van der Waals surface area contributed by atoms with Crippen molar-refractivity contribution in [3.8, 4) is 0 Å². The zero-order valence-corrected chi connectivity index (χ0v) is 12.2. The summed E-state index contributed by atoms with van der Waals surface area (Å²) in [6, 6.07) is 0.0739. The monoisotopic (exact) mass is 274 g/mol. The van der Waals surface area contributed by atoms with Crippen LogP contribution in [0.3, 0.4) is 0 Å². The average Bonchev–Trinajstić information content (AvgIpc) is 2.37. The van der Waals surface area contributed by atoms with Gasteiger partial charge in [-0.3, -0.25) is 4.79 Å². The minimum Gasteiger partial charge on any atom is -0.354 e. The summed E-state index contributed by atoms with van der Waals surface area (Å²) in [7, 11) is 0. The number of nitrogens with one attached hydrogen (secondary N) is 2. The molecule has 0 radical (unpaired) electrons. The normalized spacial score (nSPS) is 32.4. The first-order valence-electron chi connectivity index (χ1n) is 7.27. The molecule has 0 aromatic carbocycles. The molecule has 1 saturated heterocycles.